The van der Waals surface area contributed by atoms with Crippen LogP contribution in [0, 0.1) is 5.41 Å². The standard InChI is InChI=1S/C18H24N2.2ClH/c1-17(2)12-16(19)9-10-18(17,20)15-8-7-13-5-3-4-6-14(13)11-15;;/h3-8,11,16H,9-10,12,19-20H2,1-2H3;2*1H. The van der Waals surface area contributed by atoms with E-state index in [1.165, 1.54) is 16.3 Å². The Morgan fingerprint density at radius 3 is 2.27 bits per heavy atom. The van der Waals surface area contributed by atoms with Gasteiger partial charge < -0.3 is 11.5 Å². The molecule has 0 bridgehead atoms. The fourth-order valence-corrected chi connectivity index (χ4v) is 3.69. The molecule has 0 aliphatic heterocycles. The maximum absolute atomic E-state index is 6.86. The molecule has 0 radical (unpaired) electrons. The zero-order chi connectivity index (χ0) is 14.4. The number of fused-ring (bicyclic) bond motifs is 1. The third-order valence-electron chi connectivity index (χ3n) is 5.15. The van der Waals surface area contributed by atoms with Crippen molar-refractivity contribution < 1.29 is 0 Å². The van der Waals surface area contributed by atoms with E-state index < -0.39 is 0 Å². The molecule has 2 aromatic rings. The lowest BCUT2D eigenvalue weighted by Gasteiger charge is -2.50. The summed E-state index contributed by atoms with van der Waals surface area (Å²) in [7, 11) is 0. The van der Waals surface area contributed by atoms with E-state index in [1.807, 2.05) is 0 Å². The van der Waals surface area contributed by atoms with Crippen molar-refractivity contribution in [2.75, 3.05) is 0 Å². The van der Waals surface area contributed by atoms with Gasteiger partial charge >= 0.3 is 0 Å². The first kappa shape index (κ1) is 19.2. The van der Waals surface area contributed by atoms with Crippen molar-refractivity contribution >= 4 is 35.6 Å². The molecular formula is C18H26Cl2N2. The van der Waals surface area contributed by atoms with Crippen molar-refractivity contribution in [2.45, 2.75) is 44.7 Å². The summed E-state index contributed by atoms with van der Waals surface area (Å²) in [5.74, 6) is 0. The van der Waals surface area contributed by atoms with Crippen LogP contribution in [0.3, 0.4) is 0 Å². The third-order valence-corrected chi connectivity index (χ3v) is 5.15. The van der Waals surface area contributed by atoms with Crippen molar-refractivity contribution in [2.24, 2.45) is 16.9 Å². The highest BCUT2D eigenvalue weighted by molar-refractivity contribution is 5.85. The summed E-state index contributed by atoms with van der Waals surface area (Å²) in [4.78, 5) is 0. The van der Waals surface area contributed by atoms with E-state index in [4.69, 9.17) is 11.5 Å². The molecule has 0 aromatic heterocycles. The largest absolute Gasteiger partial charge is 0.328 e. The van der Waals surface area contributed by atoms with Crippen molar-refractivity contribution in [3.05, 3.63) is 48.0 Å². The van der Waals surface area contributed by atoms with Crippen LogP contribution in [0.15, 0.2) is 42.5 Å². The van der Waals surface area contributed by atoms with E-state index in [9.17, 15) is 0 Å². The highest BCUT2D eigenvalue weighted by Crippen LogP contribution is 2.48. The number of halogens is 2. The van der Waals surface area contributed by atoms with Crippen LogP contribution in [-0.4, -0.2) is 6.04 Å². The molecule has 22 heavy (non-hydrogen) atoms. The summed E-state index contributed by atoms with van der Waals surface area (Å²) in [6.07, 6.45) is 2.95. The van der Waals surface area contributed by atoms with Crippen LogP contribution in [0.2, 0.25) is 0 Å². The van der Waals surface area contributed by atoms with Crippen LogP contribution >= 0.6 is 24.8 Å². The van der Waals surface area contributed by atoms with Gasteiger partial charge in [-0.3, -0.25) is 0 Å². The molecule has 0 spiro atoms. The molecule has 2 atom stereocenters. The summed E-state index contributed by atoms with van der Waals surface area (Å²) < 4.78 is 0. The van der Waals surface area contributed by atoms with E-state index in [0.29, 0.717) is 0 Å². The Kier molecular flexibility index (Phi) is 5.91. The van der Waals surface area contributed by atoms with E-state index >= 15 is 0 Å². The monoisotopic (exact) mass is 340 g/mol. The molecule has 2 nitrogen and oxygen atoms in total. The van der Waals surface area contributed by atoms with Gasteiger partial charge in [0.1, 0.15) is 0 Å². The molecule has 1 fully saturated rings. The Morgan fingerprint density at radius 2 is 1.64 bits per heavy atom. The van der Waals surface area contributed by atoms with Crippen molar-refractivity contribution in [3.8, 4) is 0 Å². The Bertz CT molecular complexity index is 642. The minimum absolute atomic E-state index is 0. The minimum Gasteiger partial charge on any atom is -0.328 e. The average Bonchev–Trinajstić information content (AvgIpc) is 2.42. The van der Waals surface area contributed by atoms with Crippen molar-refractivity contribution in [1.29, 1.82) is 0 Å². The Labute approximate surface area is 145 Å². The topological polar surface area (TPSA) is 52.0 Å². The second kappa shape index (κ2) is 6.76. The van der Waals surface area contributed by atoms with Crippen molar-refractivity contribution in [3.63, 3.8) is 0 Å². The summed E-state index contributed by atoms with van der Waals surface area (Å²) >= 11 is 0. The average molecular weight is 341 g/mol. The molecule has 3 rings (SSSR count). The molecule has 0 saturated heterocycles. The normalized spacial score (nSPS) is 26.8. The molecule has 4 N–H and O–H groups in total. The van der Waals surface area contributed by atoms with Crippen molar-refractivity contribution in [1.82, 2.24) is 0 Å². The number of hydrogen-bond acceptors (Lipinski definition) is 2. The second-order valence-corrected chi connectivity index (χ2v) is 6.92. The quantitative estimate of drug-likeness (QED) is 0.809. The Morgan fingerprint density at radius 1 is 1.00 bits per heavy atom. The highest BCUT2D eigenvalue weighted by Gasteiger charge is 2.46. The minimum atomic E-state index is -0.285. The van der Waals surface area contributed by atoms with Gasteiger partial charge in [0.2, 0.25) is 0 Å². The first-order valence-corrected chi connectivity index (χ1v) is 7.46. The molecule has 2 unspecified atom stereocenters. The zero-order valence-corrected chi connectivity index (χ0v) is 14.8. The van der Waals surface area contributed by atoms with Gasteiger partial charge in [0.15, 0.2) is 0 Å². The van der Waals surface area contributed by atoms with Gasteiger partial charge in [0, 0.05) is 11.6 Å². The molecular weight excluding hydrogens is 315 g/mol. The highest BCUT2D eigenvalue weighted by atomic mass is 35.5. The van der Waals surface area contributed by atoms with E-state index in [0.717, 1.165) is 19.3 Å². The Hall–Kier alpha value is -0.800. The third kappa shape index (κ3) is 3.11. The van der Waals surface area contributed by atoms with Gasteiger partial charge in [-0.2, -0.15) is 0 Å². The van der Waals surface area contributed by atoms with Crippen LogP contribution in [0.25, 0.3) is 10.8 Å². The summed E-state index contributed by atoms with van der Waals surface area (Å²) in [6, 6.07) is 15.4. The lowest BCUT2D eigenvalue weighted by molar-refractivity contribution is 0.0853. The predicted molar refractivity (Wildman–Crippen MR) is 99.9 cm³/mol. The van der Waals surface area contributed by atoms with Crippen LogP contribution < -0.4 is 11.5 Å². The van der Waals surface area contributed by atoms with Gasteiger partial charge in [0.25, 0.3) is 0 Å². The number of rotatable bonds is 1. The van der Waals surface area contributed by atoms with E-state index in [1.54, 1.807) is 0 Å². The first-order valence-electron chi connectivity index (χ1n) is 7.46. The molecule has 122 valence electrons. The molecule has 0 heterocycles. The molecule has 2 aromatic carbocycles. The van der Waals surface area contributed by atoms with Gasteiger partial charge in [0.05, 0.1) is 0 Å². The van der Waals surface area contributed by atoms with E-state index in [2.05, 4.69) is 56.3 Å². The summed E-state index contributed by atoms with van der Waals surface area (Å²) in [5.41, 5.74) is 14.0. The lowest BCUT2D eigenvalue weighted by Crippen LogP contribution is -2.55. The number of benzene rings is 2. The fourth-order valence-electron chi connectivity index (χ4n) is 3.69. The maximum Gasteiger partial charge on any atom is 0.0462 e. The van der Waals surface area contributed by atoms with Gasteiger partial charge in [-0.1, -0.05) is 50.2 Å². The first-order chi connectivity index (χ1) is 9.42. The predicted octanol–water partition coefficient (Wildman–Crippen LogP) is 4.37. The number of hydrogen-bond donors (Lipinski definition) is 2. The zero-order valence-electron chi connectivity index (χ0n) is 13.2. The van der Waals surface area contributed by atoms with Crippen LogP contribution in [0.4, 0.5) is 0 Å². The smallest absolute Gasteiger partial charge is 0.0462 e. The van der Waals surface area contributed by atoms with Gasteiger partial charge in [-0.15, -0.1) is 24.8 Å². The van der Waals surface area contributed by atoms with Gasteiger partial charge in [-0.25, -0.2) is 0 Å². The summed E-state index contributed by atoms with van der Waals surface area (Å²) in [5, 5.41) is 2.53. The van der Waals surface area contributed by atoms with Crippen LogP contribution in [0.5, 0.6) is 0 Å². The van der Waals surface area contributed by atoms with E-state index in [-0.39, 0.29) is 41.8 Å². The molecule has 1 aliphatic rings. The fraction of sp³-hybridized carbons (Fsp3) is 0.444. The molecule has 0 amide bonds. The molecule has 1 aliphatic carbocycles. The molecule has 4 heteroatoms. The molecule has 1 saturated carbocycles. The lowest BCUT2D eigenvalue weighted by atomic mass is 9.59. The van der Waals surface area contributed by atoms with Crippen LogP contribution in [0.1, 0.15) is 38.7 Å². The second-order valence-electron chi connectivity index (χ2n) is 6.92. The summed E-state index contributed by atoms with van der Waals surface area (Å²) in [6.45, 7) is 4.50. The maximum atomic E-state index is 6.86. The Balaban J connectivity index is 0.00000121. The SMILES string of the molecule is CC1(C)CC(N)CCC1(N)c1ccc2ccccc2c1.Cl.Cl. The van der Waals surface area contributed by atoms with Gasteiger partial charge in [-0.05, 0) is 47.1 Å². The van der Waals surface area contributed by atoms with Crippen LogP contribution in [-0.2, 0) is 5.54 Å². The number of nitrogens with two attached hydrogens (primary N) is 2.